The normalized spacial score (nSPS) is 12.2. The molecule has 0 atom stereocenters. The van der Waals surface area contributed by atoms with Gasteiger partial charge in [0.05, 0.1) is 0 Å². The van der Waals surface area contributed by atoms with Gasteiger partial charge < -0.3 is 8.91 Å². The number of benzene rings is 1. The minimum Gasteiger partial charge on any atom is -0.442 e. The fourth-order valence-corrected chi connectivity index (χ4v) is 3.10. The lowest BCUT2D eigenvalue weighted by molar-refractivity contribution is 0.473. The van der Waals surface area contributed by atoms with Crippen molar-refractivity contribution in [2.45, 2.75) is 13.8 Å². The van der Waals surface area contributed by atoms with Gasteiger partial charge in [0.1, 0.15) is 0 Å². The van der Waals surface area contributed by atoms with Gasteiger partial charge in [0.2, 0.25) is 0 Å². The Bertz CT molecular complexity index is 263. The molecule has 0 heterocycles. The van der Waals surface area contributed by atoms with E-state index >= 15 is 0 Å². The van der Waals surface area contributed by atoms with Crippen LogP contribution in [0.25, 0.3) is 0 Å². The van der Waals surface area contributed by atoms with Gasteiger partial charge in [-0.3, -0.25) is 0 Å². The van der Waals surface area contributed by atoms with Crippen LogP contribution in [0.5, 0.6) is 0 Å². The molecular weight excluding hydrogens is 184 g/mol. The highest BCUT2D eigenvalue weighted by molar-refractivity contribution is 6.53. The van der Waals surface area contributed by atoms with E-state index in [-0.39, 0.29) is 0 Å². The molecule has 12 heavy (non-hydrogen) atoms. The van der Waals surface area contributed by atoms with E-state index in [0.717, 1.165) is 0 Å². The molecule has 0 unspecified atom stereocenters. The van der Waals surface area contributed by atoms with Crippen LogP contribution in [0, 0.1) is 13.8 Å². The minimum absolute atomic E-state index is 0.650. The molecule has 0 radical (unpaired) electrons. The standard InChI is InChI=1S/C8H14O2Si2/c1-6-4-3-5-8(7(6)2)11-10-12-9/h3-5,9H,11-12H2,1-2H3. The maximum Gasteiger partial charge on any atom is 0.291 e. The van der Waals surface area contributed by atoms with Crippen molar-refractivity contribution >= 4 is 25.0 Å². The zero-order valence-corrected chi connectivity index (χ0v) is 10.3. The molecule has 0 amide bonds. The summed E-state index contributed by atoms with van der Waals surface area (Å²) >= 11 is 0. The lowest BCUT2D eigenvalue weighted by Crippen LogP contribution is -2.22. The van der Waals surface area contributed by atoms with E-state index in [1.54, 1.807) is 0 Å². The van der Waals surface area contributed by atoms with Gasteiger partial charge in [0.25, 0.3) is 10.0 Å². The van der Waals surface area contributed by atoms with Crippen LogP contribution in [-0.2, 0) is 4.12 Å². The van der Waals surface area contributed by atoms with E-state index in [1.165, 1.54) is 16.3 Å². The molecule has 1 aromatic rings. The third-order valence-electron chi connectivity index (χ3n) is 2.07. The van der Waals surface area contributed by atoms with E-state index in [1.807, 2.05) is 6.07 Å². The highest BCUT2D eigenvalue weighted by atomic mass is 28.3. The summed E-state index contributed by atoms with van der Waals surface area (Å²) in [7, 11) is -1.85. The van der Waals surface area contributed by atoms with E-state index in [4.69, 9.17) is 8.91 Å². The Hall–Kier alpha value is -0.426. The Morgan fingerprint density at radius 2 is 2.08 bits per heavy atom. The maximum absolute atomic E-state index is 8.64. The van der Waals surface area contributed by atoms with Crippen LogP contribution in [0.4, 0.5) is 0 Å². The van der Waals surface area contributed by atoms with Crippen molar-refractivity contribution in [2.24, 2.45) is 0 Å². The Morgan fingerprint density at radius 1 is 1.33 bits per heavy atom. The molecule has 1 aromatic carbocycles. The van der Waals surface area contributed by atoms with E-state index < -0.39 is 19.8 Å². The molecule has 1 N–H and O–H groups in total. The van der Waals surface area contributed by atoms with Crippen LogP contribution < -0.4 is 5.19 Å². The van der Waals surface area contributed by atoms with Crippen LogP contribution in [-0.4, -0.2) is 24.6 Å². The van der Waals surface area contributed by atoms with Crippen molar-refractivity contribution < 1.29 is 8.91 Å². The van der Waals surface area contributed by atoms with E-state index in [0.29, 0.717) is 0 Å². The molecule has 0 fully saturated rings. The summed E-state index contributed by atoms with van der Waals surface area (Å²) in [4.78, 5) is 8.64. The number of hydrogen-bond acceptors (Lipinski definition) is 2. The van der Waals surface area contributed by atoms with Gasteiger partial charge in [-0.25, -0.2) is 0 Å². The average Bonchev–Trinajstić information content (AvgIpc) is 2.08. The highest BCUT2D eigenvalue weighted by Crippen LogP contribution is 2.01. The number of hydrogen-bond donors (Lipinski definition) is 1. The van der Waals surface area contributed by atoms with Gasteiger partial charge >= 0.3 is 0 Å². The molecule has 0 aliphatic heterocycles. The van der Waals surface area contributed by atoms with Gasteiger partial charge in [-0.05, 0) is 30.2 Å². The van der Waals surface area contributed by atoms with Gasteiger partial charge in [0.15, 0.2) is 9.76 Å². The second kappa shape index (κ2) is 4.56. The third kappa shape index (κ3) is 2.28. The first-order valence-corrected chi connectivity index (χ1v) is 6.49. The number of rotatable bonds is 3. The summed E-state index contributed by atoms with van der Waals surface area (Å²) in [6, 6.07) is 6.25. The molecule has 0 aromatic heterocycles. The zero-order chi connectivity index (χ0) is 8.97. The molecular formula is C8H14O2Si2. The Morgan fingerprint density at radius 3 is 2.75 bits per heavy atom. The van der Waals surface area contributed by atoms with Crippen molar-refractivity contribution in [1.29, 1.82) is 0 Å². The monoisotopic (exact) mass is 198 g/mol. The van der Waals surface area contributed by atoms with E-state index in [2.05, 4.69) is 26.0 Å². The van der Waals surface area contributed by atoms with Crippen LogP contribution in [0.1, 0.15) is 11.1 Å². The molecule has 2 nitrogen and oxygen atoms in total. The largest absolute Gasteiger partial charge is 0.442 e. The van der Waals surface area contributed by atoms with Crippen LogP contribution in [0.15, 0.2) is 18.2 Å². The third-order valence-corrected chi connectivity index (χ3v) is 4.69. The molecule has 0 saturated heterocycles. The summed E-state index contributed by atoms with van der Waals surface area (Å²) in [5.74, 6) is 0. The fraction of sp³-hybridized carbons (Fsp3) is 0.250. The molecule has 1 rings (SSSR count). The second-order valence-corrected chi connectivity index (χ2v) is 5.78. The molecule has 0 saturated carbocycles. The maximum atomic E-state index is 8.64. The van der Waals surface area contributed by atoms with Crippen LogP contribution in [0.2, 0.25) is 0 Å². The predicted octanol–water partition coefficient (Wildman–Crippen LogP) is -0.980. The average molecular weight is 198 g/mol. The topological polar surface area (TPSA) is 29.5 Å². The van der Waals surface area contributed by atoms with Gasteiger partial charge in [-0.2, -0.15) is 0 Å². The zero-order valence-electron chi connectivity index (χ0n) is 7.50. The molecule has 0 bridgehead atoms. The predicted molar refractivity (Wildman–Crippen MR) is 55.9 cm³/mol. The molecule has 4 heteroatoms. The fourth-order valence-electron chi connectivity index (χ4n) is 1.12. The number of aryl methyl sites for hydroxylation is 1. The Kier molecular flexibility index (Phi) is 3.67. The summed E-state index contributed by atoms with van der Waals surface area (Å²) in [5, 5.41) is 1.32. The van der Waals surface area contributed by atoms with Crippen molar-refractivity contribution in [3.05, 3.63) is 29.3 Å². The first-order chi connectivity index (χ1) is 5.75. The summed E-state index contributed by atoms with van der Waals surface area (Å²) in [6.45, 7) is 4.21. The van der Waals surface area contributed by atoms with Crippen LogP contribution >= 0.6 is 0 Å². The SMILES string of the molecule is Cc1cccc([SiH2]O[SiH2]O)c1C. The van der Waals surface area contributed by atoms with Gasteiger partial charge in [0, 0.05) is 0 Å². The quantitative estimate of drug-likeness (QED) is 0.633. The first kappa shape index (κ1) is 9.66. The van der Waals surface area contributed by atoms with Crippen molar-refractivity contribution in [3.63, 3.8) is 0 Å². The molecule has 0 spiro atoms. The van der Waals surface area contributed by atoms with Crippen LogP contribution in [0.3, 0.4) is 0 Å². The summed E-state index contributed by atoms with van der Waals surface area (Å²) < 4.78 is 5.19. The van der Waals surface area contributed by atoms with E-state index in [9.17, 15) is 0 Å². The summed E-state index contributed by atoms with van der Waals surface area (Å²) in [5.41, 5.74) is 2.63. The minimum atomic E-state index is -1.20. The molecule has 0 aliphatic carbocycles. The Labute approximate surface area is 77.6 Å². The summed E-state index contributed by atoms with van der Waals surface area (Å²) in [6.07, 6.45) is 0. The smallest absolute Gasteiger partial charge is 0.291 e. The van der Waals surface area contributed by atoms with Crippen molar-refractivity contribution in [1.82, 2.24) is 0 Å². The Balaban J connectivity index is 2.78. The van der Waals surface area contributed by atoms with Gasteiger partial charge in [-0.1, -0.05) is 18.2 Å². The lowest BCUT2D eigenvalue weighted by atomic mass is 10.1. The lowest BCUT2D eigenvalue weighted by Gasteiger charge is -2.06. The molecule has 0 aliphatic rings. The van der Waals surface area contributed by atoms with Gasteiger partial charge in [-0.15, -0.1) is 0 Å². The van der Waals surface area contributed by atoms with Crippen molar-refractivity contribution in [2.75, 3.05) is 0 Å². The first-order valence-electron chi connectivity index (χ1n) is 3.99. The van der Waals surface area contributed by atoms with Crippen molar-refractivity contribution in [3.8, 4) is 0 Å². The molecule has 66 valence electrons. The highest BCUT2D eigenvalue weighted by Gasteiger charge is 2.00. The second-order valence-electron chi connectivity index (χ2n) is 2.84.